The number of ether oxygens (including phenoxy) is 5. The van der Waals surface area contributed by atoms with Gasteiger partial charge in [-0.05, 0) is 11.1 Å². The predicted molar refractivity (Wildman–Crippen MR) is 119 cm³/mol. The van der Waals surface area contributed by atoms with Gasteiger partial charge in [-0.2, -0.15) is 0 Å². The van der Waals surface area contributed by atoms with Crippen LogP contribution in [0.5, 0.6) is 0 Å². The number of aliphatic hydroxyl groups excluding tert-OH is 2. The number of hydrogen-bond acceptors (Lipinski definition) is 8. The van der Waals surface area contributed by atoms with Crippen LogP contribution in [0, 0.1) is 0 Å². The Balaban J connectivity index is 1.63. The van der Waals surface area contributed by atoms with E-state index in [1.54, 1.807) is 0 Å². The van der Waals surface area contributed by atoms with Gasteiger partial charge in [0.2, 0.25) is 0 Å². The fourth-order valence-electron chi connectivity index (χ4n) is 3.38. The number of benzene rings is 2. The second-order valence-corrected chi connectivity index (χ2v) is 7.54. The number of hydrogen-bond donors (Lipinski definition) is 2. The zero-order valence-electron chi connectivity index (χ0n) is 18.5. The van der Waals surface area contributed by atoms with E-state index in [1.165, 1.54) is 19.3 Å². The lowest BCUT2D eigenvalue weighted by atomic mass is 9.99. The molecule has 0 aliphatic carbocycles. The Morgan fingerprint density at radius 2 is 1.58 bits per heavy atom. The molecule has 1 aliphatic rings. The molecule has 0 spiro atoms. The lowest BCUT2D eigenvalue weighted by molar-refractivity contribution is -0.308. The van der Waals surface area contributed by atoms with Crippen molar-refractivity contribution in [3.05, 3.63) is 83.9 Å². The summed E-state index contributed by atoms with van der Waals surface area (Å²) in [5.41, 5.74) is 1.92. The molecule has 0 aromatic heterocycles. The van der Waals surface area contributed by atoms with Crippen molar-refractivity contribution in [3.8, 4) is 0 Å². The molecule has 2 aromatic rings. The van der Waals surface area contributed by atoms with Crippen LogP contribution >= 0.6 is 0 Å². The van der Waals surface area contributed by atoms with Gasteiger partial charge in [-0.1, -0.05) is 66.7 Å². The van der Waals surface area contributed by atoms with Crippen LogP contribution in [-0.4, -0.2) is 67.2 Å². The molecular formula is C25H30O8. The molecule has 1 heterocycles. The first-order valence-corrected chi connectivity index (χ1v) is 10.7. The highest BCUT2D eigenvalue weighted by atomic mass is 16.7. The molecule has 2 N–H and O–H groups in total. The predicted octanol–water partition coefficient (Wildman–Crippen LogP) is 1.98. The lowest BCUT2D eigenvalue weighted by Gasteiger charge is -2.42. The lowest BCUT2D eigenvalue weighted by Crippen LogP contribution is -2.60. The number of rotatable bonds is 11. The zero-order chi connectivity index (χ0) is 23.5. The van der Waals surface area contributed by atoms with Gasteiger partial charge in [-0.25, -0.2) is 4.79 Å². The topological polar surface area (TPSA) is 104 Å². The molecule has 8 nitrogen and oxygen atoms in total. The SMILES string of the molecule is COC(=O)/C=C/CO[C@@H]1OC(COCc2ccccc2)[C@@H](OCc2ccccc2)C(O)C1O. The Kier molecular flexibility index (Phi) is 10.0. The van der Waals surface area contributed by atoms with Crippen LogP contribution in [0.1, 0.15) is 11.1 Å². The van der Waals surface area contributed by atoms with Gasteiger partial charge in [0.1, 0.15) is 24.4 Å². The molecule has 1 fully saturated rings. The molecule has 3 rings (SSSR count). The first kappa shape index (κ1) is 25.0. The monoisotopic (exact) mass is 458 g/mol. The summed E-state index contributed by atoms with van der Waals surface area (Å²) in [4.78, 5) is 11.2. The fraction of sp³-hybridized carbons (Fsp3) is 0.400. The van der Waals surface area contributed by atoms with Crippen LogP contribution in [0.25, 0.3) is 0 Å². The molecule has 0 bridgehead atoms. The summed E-state index contributed by atoms with van der Waals surface area (Å²) in [5.74, 6) is -0.523. The maximum Gasteiger partial charge on any atom is 0.330 e. The summed E-state index contributed by atoms with van der Waals surface area (Å²) in [7, 11) is 1.27. The normalized spacial score (nSPS) is 25.2. The molecule has 178 valence electrons. The number of methoxy groups -OCH3 is 1. The van der Waals surface area contributed by atoms with Crippen molar-refractivity contribution in [1.29, 1.82) is 0 Å². The summed E-state index contributed by atoms with van der Waals surface area (Å²) in [5, 5.41) is 21.3. The third-order valence-electron chi connectivity index (χ3n) is 5.13. The van der Waals surface area contributed by atoms with E-state index in [0.29, 0.717) is 6.61 Å². The van der Waals surface area contributed by atoms with Crippen molar-refractivity contribution in [3.63, 3.8) is 0 Å². The Hall–Kier alpha value is -2.59. The minimum absolute atomic E-state index is 0.0172. The van der Waals surface area contributed by atoms with Gasteiger partial charge in [0.05, 0.1) is 33.5 Å². The van der Waals surface area contributed by atoms with Gasteiger partial charge >= 0.3 is 5.97 Å². The highest BCUT2D eigenvalue weighted by Crippen LogP contribution is 2.26. The van der Waals surface area contributed by atoms with E-state index < -0.39 is 36.7 Å². The van der Waals surface area contributed by atoms with Gasteiger partial charge in [-0.15, -0.1) is 0 Å². The fourth-order valence-corrected chi connectivity index (χ4v) is 3.38. The van der Waals surface area contributed by atoms with Crippen LogP contribution in [0.15, 0.2) is 72.8 Å². The molecule has 0 radical (unpaired) electrons. The summed E-state index contributed by atoms with van der Waals surface area (Å²) < 4.78 is 27.7. The summed E-state index contributed by atoms with van der Waals surface area (Å²) in [6, 6.07) is 19.2. The molecule has 1 aliphatic heterocycles. The highest BCUT2D eigenvalue weighted by molar-refractivity contribution is 5.81. The highest BCUT2D eigenvalue weighted by Gasteiger charge is 2.45. The van der Waals surface area contributed by atoms with Crippen LogP contribution in [-0.2, 0) is 41.7 Å². The van der Waals surface area contributed by atoms with E-state index in [1.807, 2.05) is 60.7 Å². The van der Waals surface area contributed by atoms with Crippen molar-refractivity contribution < 1.29 is 38.7 Å². The summed E-state index contributed by atoms with van der Waals surface area (Å²) in [6.07, 6.45) is -2.61. The van der Waals surface area contributed by atoms with Crippen LogP contribution in [0.3, 0.4) is 0 Å². The van der Waals surface area contributed by atoms with Crippen molar-refractivity contribution >= 4 is 5.97 Å². The van der Waals surface area contributed by atoms with Crippen molar-refractivity contribution in [1.82, 2.24) is 0 Å². The molecule has 0 saturated carbocycles. The number of carbonyl (C=O) groups excluding carboxylic acids is 1. The molecular weight excluding hydrogens is 428 g/mol. The number of esters is 1. The van der Waals surface area contributed by atoms with Crippen LogP contribution in [0.2, 0.25) is 0 Å². The van der Waals surface area contributed by atoms with E-state index in [-0.39, 0.29) is 19.8 Å². The molecule has 2 aromatic carbocycles. The van der Waals surface area contributed by atoms with Gasteiger partial charge in [-0.3, -0.25) is 0 Å². The third kappa shape index (κ3) is 7.75. The zero-order valence-corrected chi connectivity index (χ0v) is 18.5. The molecule has 33 heavy (non-hydrogen) atoms. The first-order valence-electron chi connectivity index (χ1n) is 10.7. The van der Waals surface area contributed by atoms with E-state index in [9.17, 15) is 15.0 Å². The van der Waals surface area contributed by atoms with Gasteiger partial charge < -0.3 is 33.9 Å². The van der Waals surface area contributed by atoms with Crippen molar-refractivity contribution in [2.75, 3.05) is 20.3 Å². The molecule has 1 saturated heterocycles. The number of aliphatic hydroxyl groups is 2. The maximum absolute atomic E-state index is 11.2. The third-order valence-corrected chi connectivity index (χ3v) is 5.13. The van der Waals surface area contributed by atoms with Crippen molar-refractivity contribution in [2.45, 2.75) is 43.9 Å². The minimum Gasteiger partial charge on any atom is -0.466 e. The summed E-state index contributed by atoms with van der Waals surface area (Å²) >= 11 is 0. The maximum atomic E-state index is 11.2. The molecule has 0 amide bonds. The largest absolute Gasteiger partial charge is 0.466 e. The van der Waals surface area contributed by atoms with Crippen LogP contribution in [0.4, 0.5) is 0 Å². The standard InChI is InChI=1S/C25H30O8/c1-29-21(26)13-8-14-31-25-23(28)22(27)24(32-16-19-11-6-3-7-12-19)20(33-25)17-30-15-18-9-4-2-5-10-18/h2-13,20,22-25,27-28H,14-17H2,1H3/b13-8+/t20?,22?,23?,24-,25-/m1/s1. The van der Waals surface area contributed by atoms with Crippen LogP contribution < -0.4 is 0 Å². The van der Waals surface area contributed by atoms with Gasteiger partial charge in [0.25, 0.3) is 0 Å². The second-order valence-electron chi connectivity index (χ2n) is 7.54. The Labute approximate surface area is 193 Å². The molecule has 8 heteroatoms. The van der Waals surface area contributed by atoms with E-state index in [0.717, 1.165) is 11.1 Å². The molecule has 5 atom stereocenters. The van der Waals surface area contributed by atoms with Gasteiger partial charge in [0.15, 0.2) is 6.29 Å². The quantitative estimate of drug-likeness (QED) is 0.389. The molecule has 3 unspecified atom stereocenters. The summed E-state index contributed by atoms with van der Waals surface area (Å²) in [6.45, 7) is 0.700. The second kappa shape index (κ2) is 13.2. The van der Waals surface area contributed by atoms with E-state index in [2.05, 4.69) is 4.74 Å². The first-order chi connectivity index (χ1) is 16.1. The van der Waals surface area contributed by atoms with Crippen molar-refractivity contribution in [2.24, 2.45) is 0 Å². The van der Waals surface area contributed by atoms with E-state index >= 15 is 0 Å². The van der Waals surface area contributed by atoms with E-state index in [4.69, 9.17) is 18.9 Å². The Morgan fingerprint density at radius 3 is 2.21 bits per heavy atom. The minimum atomic E-state index is -1.34. The number of carbonyl (C=O) groups is 1. The Morgan fingerprint density at radius 1 is 0.939 bits per heavy atom. The average molecular weight is 459 g/mol. The average Bonchev–Trinajstić information content (AvgIpc) is 2.85. The van der Waals surface area contributed by atoms with Gasteiger partial charge in [0, 0.05) is 6.08 Å². The smallest absolute Gasteiger partial charge is 0.330 e. The Bertz CT molecular complexity index is 857.